The summed E-state index contributed by atoms with van der Waals surface area (Å²) in [6.45, 7) is 12.5. The molecule has 6 heteroatoms. The number of rotatable bonds is 5. The monoisotopic (exact) mass is 284 g/mol. The van der Waals surface area contributed by atoms with Crippen molar-refractivity contribution in [1.29, 1.82) is 0 Å². The van der Waals surface area contributed by atoms with Gasteiger partial charge in [-0.15, -0.1) is 0 Å². The Morgan fingerprint density at radius 2 is 2.00 bits per heavy atom. The van der Waals surface area contributed by atoms with Crippen molar-refractivity contribution in [2.24, 2.45) is 10.9 Å². The summed E-state index contributed by atoms with van der Waals surface area (Å²) in [5.74, 6) is -1.14. The minimum Gasteiger partial charge on any atom is -0.480 e. The van der Waals surface area contributed by atoms with Gasteiger partial charge in [0.2, 0.25) is 5.91 Å². The Balaban J connectivity index is 3.08. The lowest BCUT2D eigenvalue weighted by molar-refractivity contribution is -0.156. The Kier molecular flexibility index (Phi) is 4.91. The van der Waals surface area contributed by atoms with Crippen LogP contribution in [-0.4, -0.2) is 52.5 Å². The third-order valence-corrected chi connectivity index (χ3v) is 3.47. The number of carboxylic acid groups (broad SMARTS) is 1. The summed E-state index contributed by atoms with van der Waals surface area (Å²) in [6, 6.07) is -1.63. The SMILES string of the molecule is C=N[C@@H](CC(C)C)C(=O)N1C(C(=O)O)[C@H](C)OC1(C)C. The minimum atomic E-state index is -1.07. The van der Waals surface area contributed by atoms with Gasteiger partial charge in [-0.25, -0.2) is 4.79 Å². The van der Waals surface area contributed by atoms with E-state index >= 15 is 0 Å². The number of amides is 1. The van der Waals surface area contributed by atoms with Crippen LogP contribution in [0.3, 0.4) is 0 Å². The van der Waals surface area contributed by atoms with Crippen molar-refractivity contribution < 1.29 is 19.4 Å². The topological polar surface area (TPSA) is 79.2 Å². The molecule has 0 aromatic carbocycles. The maximum absolute atomic E-state index is 12.6. The molecule has 1 fully saturated rings. The first-order valence-corrected chi connectivity index (χ1v) is 6.81. The predicted molar refractivity (Wildman–Crippen MR) is 75.7 cm³/mol. The fourth-order valence-electron chi connectivity index (χ4n) is 2.70. The quantitative estimate of drug-likeness (QED) is 0.777. The van der Waals surface area contributed by atoms with Gasteiger partial charge in [-0.2, -0.15) is 0 Å². The van der Waals surface area contributed by atoms with Crippen LogP contribution in [-0.2, 0) is 14.3 Å². The molecule has 0 radical (unpaired) electrons. The van der Waals surface area contributed by atoms with Gasteiger partial charge in [0.25, 0.3) is 0 Å². The lowest BCUT2D eigenvalue weighted by Crippen LogP contribution is -2.54. The van der Waals surface area contributed by atoms with Crippen molar-refractivity contribution in [2.75, 3.05) is 0 Å². The fraction of sp³-hybridized carbons (Fsp3) is 0.786. The maximum Gasteiger partial charge on any atom is 0.329 e. The average molecular weight is 284 g/mol. The Labute approximate surface area is 119 Å². The molecule has 1 heterocycles. The second-order valence-corrected chi connectivity index (χ2v) is 6.09. The van der Waals surface area contributed by atoms with Gasteiger partial charge >= 0.3 is 5.97 Å². The number of nitrogens with zero attached hydrogens (tertiary/aromatic N) is 2. The zero-order valence-corrected chi connectivity index (χ0v) is 12.8. The highest BCUT2D eigenvalue weighted by molar-refractivity contribution is 5.89. The fourth-order valence-corrected chi connectivity index (χ4v) is 2.70. The van der Waals surface area contributed by atoms with Gasteiger partial charge in [-0.05, 0) is 39.8 Å². The molecule has 0 aromatic rings. The highest BCUT2D eigenvalue weighted by Crippen LogP contribution is 2.33. The number of carboxylic acids is 1. The Morgan fingerprint density at radius 1 is 1.45 bits per heavy atom. The number of hydrogen-bond donors (Lipinski definition) is 1. The lowest BCUT2D eigenvalue weighted by Gasteiger charge is -2.34. The molecule has 6 nitrogen and oxygen atoms in total. The molecule has 3 atom stereocenters. The molecule has 1 amide bonds. The highest BCUT2D eigenvalue weighted by atomic mass is 16.5. The van der Waals surface area contributed by atoms with Gasteiger partial charge in [-0.1, -0.05) is 13.8 Å². The smallest absolute Gasteiger partial charge is 0.329 e. The van der Waals surface area contributed by atoms with E-state index in [9.17, 15) is 14.7 Å². The average Bonchev–Trinajstić information content (AvgIpc) is 2.54. The van der Waals surface area contributed by atoms with E-state index in [1.165, 1.54) is 4.90 Å². The van der Waals surface area contributed by atoms with Crippen LogP contribution in [0.15, 0.2) is 4.99 Å². The van der Waals surface area contributed by atoms with E-state index < -0.39 is 29.9 Å². The van der Waals surface area contributed by atoms with Gasteiger partial charge in [0.15, 0.2) is 6.04 Å². The van der Waals surface area contributed by atoms with Crippen LogP contribution in [0.1, 0.15) is 41.0 Å². The Hall–Kier alpha value is -1.43. The van der Waals surface area contributed by atoms with Gasteiger partial charge in [-0.3, -0.25) is 14.7 Å². The molecule has 0 aliphatic carbocycles. The highest BCUT2D eigenvalue weighted by Gasteiger charge is 2.52. The van der Waals surface area contributed by atoms with Gasteiger partial charge in [0, 0.05) is 0 Å². The molecule has 1 aliphatic rings. The molecule has 114 valence electrons. The Morgan fingerprint density at radius 3 is 2.40 bits per heavy atom. The summed E-state index contributed by atoms with van der Waals surface area (Å²) in [6.07, 6.45) is -0.0220. The number of ether oxygens (including phenoxy) is 1. The van der Waals surface area contributed by atoms with Crippen molar-refractivity contribution >= 4 is 18.6 Å². The molecular weight excluding hydrogens is 260 g/mol. The van der Waals surface area contributed by atoms with Crippen LogP contribution in [0, 0.1) is 5.92 Å². The summed E-state index contributed by atoms with van der Waals surface area (Å²) >= 11 is 0. The lowest BCUT2D eigenvalue weighted by atomic mass is 10.0. The molecule has 1 unspecified atom stereocenters. The van der Waals surface area contributed by atoms with Crippen molar-refractivity contribution in [2.45, 2.75) is 65.0 Å². The summed E-state index contributed by atoms with van der Waals surface area (Å²) in [7, 11) is 0. The third-order valence-electron chi connectivity index (χ3n) is 3.47. The second-order valence-electron chi connectivity index (χ2n) is 6.09. The number of carbonyl (C=O) groups is 2. The summed E-state index contributed by atoms with van der Waals surface area (Å²) in [5.41, 5.74) is -0.959. The van der Waals surface area contributed by atoms with Gasteiger partial charge in [0.05, 0.1) is 6.10 Å². The molecule has 0 saturated carbocycles. The molecule has 1 aliphatic heterocycles. The van der Waals surface area contributed by atoms with Crippen LogP contribution in [0.2, 0.25) is 0 Å². The van der Waals surface area contributed by atoms with Crippen molar-refractivity contribution in [1.82, 2.24) is 4.90 Å². The standard InChI is InChI=1S/C14H24N2O4/c1-8(2)7-10(15-6)12(17)16-11(13(18)19)9(3)20-14(16,4)5/h8-11H,6-7H2,1-5H3,(H,18,19)/t9-,10-,11?/m0/s1. The first-order valence-electron chi connectivity index (χ1n) is 6.81. The van der Waals surface area contributed by atoms with Crippen LogP contribution in [0.4, 0.5) is 0 Å². The third kappa shape index (κ3) is 3.17. The van der Waals surface area contributed by atoms with Crippen LogP contribution < -0.4 is 0 Å². The molecule has 0 aromatic heterocycles. The molecular formula is C14H24N2O4. The van der Waals surface area contributed by atoms with Crippen LogP contribution in [0.5, 0.6) is 0 Å². The van der Waals surface area contributed by atoms with E-state index in [1.54, 1.807) is 20.8 Å². The predicted octanol–water partition coefficient (Wildman–Crippen LogP) is 1.54. The zero-order chi connectivity index (χ0) is 15.7. The number of carbonyl (C=O) groups excluding carboxylic acids is 1. The van der Waals surface area contributed by atoms with Crippen LogP contribution in [0.25, 0.3) is 0 Å². The second kappa shape index (κ2) is 5.91. The number of aliphatic imine (C=N–C) groups is 1. The molecule has 1 N–H and O–H groups in total. The van der Waals surface area contributed by atoms with E-state index in [0.29, 0.717) is 6.42 Å². The largest absolute Gasteiger partial charge is 0.480 e. The maximum atomic E-state index is 12.6. The molecule has 0 bridgehead atoms. The zero-order valence-electron chi connectivity index (χ0n) is 12.8. The van der Waals surface area contributed by atoms with Crippen molar-refractivity contribution in [3.63, 3.8) is 0 Å². The molecule has 20 heavy (non-hydrogen) atoms. The molecule has 1 saturated heterocycles. The van der Waals surface area contributed by atoms with E-state index in [0.717, 1.165) is 0 Å². The van der Waals surface area contributed by atoms with E-state index in [-0.39, 0.29) is 11.8 Å². The van der Waals surface area contributed by atoms with E-state index in [1.807, 2.05) is 13.8 Å². The van der Waals surface area contributed by atoms with Crippen molar-refractivity contribution in [3.8, 4) is 0 Å². The van der Waals surface area contributed by atoms with Gasteiger partial charge < -0.3 is 9.84 Å². The number of aliphatic carboxylic acids is 1. The summed E-state index contributed by atoms with van der Waals surface area (Å²) in [5, 5.41) is 9.35. The van der Waals surface area contributed by atoms with E-state index in [4.69, 9.17) is 4.74 Å². The summed E-state index contributed by atoms with van der Waals surface area (Å²) < 4.78 is 5.62. The number of hydrogen-bond acceptors (Lipinski definition) is 4. The normalized spacial score (nSPS) is 26.6. The summed E-state index contributed by atoms with van der Waals surface area (Å²) in [4.78, 5) is 29.2. The molecule has 1 rings (SSSR count). The Bertz CT molecular complexity index is 406. The van der Waals surface area contributed by atoms with Gasteiger partial charge in [0.1, 0.15) is 11.8 Å². The van der Waals surface area contributed by atoms with E-state index in [2.05, 4.69) is 11.7 Å². The minimum absolute atomic E-state index is 0.266. The van der Waals surface area contributed by atoms with Crippen LogP contribution >= 0.6 is 0 Å². The first-order chi connectivity index (χ1) is 9.11. The van der Waals surface area contributed by atoms with Crippen molar-refractivity contribution in [3.05, 3.63) is 0 Å². The first kappa shape index (κ1) is 16.6. The molecule has 0 spiro atoms.